The Labute approximate surface area is 155 Å². The van der Waals surface area contributed by atoms with E-state index in [4.69, 9.17) is 4.74 Å². The Balaban J connectivity index is 1.78. The molecule has 0 radical (unpaired) electrons. The van der Waals surface area contributed by atoms with E-state index in [0.29, 0.717) is 30.1 Å². The molecule has 1 aromatic heterocycles. The van der Waals surface area contributed by atoms with Crippen LogP contribution >= 0.6 is 11.3 Å². The summed E-state index contributed by atoms with van der Waals surface area (Å²) >= 11 is 1.37. The number of carbonyl (C=O) groups excluding carboxylic acids is 2. The van der Waals surface area contributed by atoms with Crippen LogP contribution in [0.25, 0.3) is 0 Å². The maximum atomic E-state index is 13.4. The summed E-state index contributed by atoms with van der Waals surface area (Å²) in [6, 6.07) is 7.04. The SMILES string of the molecule is CCOc1cc(F)ccc1NC(=O)C1CCCCN1C(=O)c1cccs1. The van der Waals surface area contributed by atoms with Crippen molar-refractivity contribution in [3.63, 3.8) is 0 Å². The molecule has 1 saturated heterocycles. The van der Waals surface area contributed by atoms with Crippen LogP contribution in [0, 0.1) is 5.82 Å². The van der Waals surface area contributed by atoms with Gasteiger partial charge in [0.1, 0.15) is 17.6 Å². The summed E-state index contributed by atoms with van der Waals surface area (Å²) in [5, 5.41) is 4.65. The van der Waals surface area contributed by atoms with E-state index in [2.05, 4.69) is 5.32 Å². The van der Waals surface area contributed by atoms with Crippen molar-refractivity contribution in [2.75, 3.05) is 18.5 Å². The highest BCUT2D eigenvalue weighted by molar-refractivity contribution is 7.12. The van der Waals surface area contributed by atoms with Gasteiger partial charge < -0.3 is 15.0 Å². The first-order chi connectivity index (χ1) is 12.6. The van der Waals surface area contributed by atoms with Crippen LogP contribution < -0.4 is 10.1 Å². The molecular formula is C19H21FN2O3S. The average Bonchev–Trinajstić information content (AvgIpc) is 3.18. The van der Waals surface area contributed by atoms with Crippen molar-refractivity contribution in [2.24, 2.45) is 0 Å². The lowest BCUT2D eigenvalue weighted by Gasteiger charge is -2.34. The molecule has 5 nitrogen and oxygen atoms in total. The molecule has 1 fully saturated rings. The second-order valence-electron chi connectivity index (χ2n) is 6.05. The van der Waals surface area contributed by atoms with Gasteiger partial charge in [-0.1, -0.05) is 6.07 Å². The highest BCUT2D eigenvalue weighted by atomic mass is 32.1. The zero-order chi connectivity index (χ0) is 18.5. The quantitative estimate of drug-likeness (QED) is 0.860. The third-order valence-electron chi connectivity index (χ3n) is 4.30. The normalized spacial score (nSPS) is 17.0. The van der Waals surface area contributed by atoms with Crippen LogP contribution in [0.2, 0.25) is 0 Å². The fourth-order valence-corrected chi connectivity index (χ4v) is 3.76. The fraction of sp³-hybridized carbons (Fsp3) is 0.368. The van der Waals surface area contributed by atoms with E-state index in [1.54, 1.807) is 17.9 Å². The molecule has 1 aliphatic rings. The van der Waals surface area contributed by atoms with E-state index < -0.39 is 11.9 Å². The van der Waals surface area contributed by atoms with Gasteiger partial charge in [-0.2, -0.15) is 0 Å². The zero-order valence-electron chi connectivity index (χ0n) is 14.5. The van der Waals surface area contributed by atoms with Crippen molar-refractivity contribution in [3.8, 4) is 5.75 Å². The van der Waals surface area contributed by atoms with Crippen molar-refractivity contribution in [3.05, 3.63) is 46.4 Å². The van der Waals surface area contributed by atoms with E-state index in [1.165, 1.54) is 29.5 Å². The Hall–Kier alpha value is -2.41. The standard InChI is InChI=1S/C19H21FN2O3S/c1-2-25-16-12-13(20)8-9-14(16)21-18(23)15-6-3-4-10-22(15)19(24)17-7-5-11-26-17/h5,7-9,11-12,15H,2-4,6,10H2,1H3,(H,21,23). The van der Waals surface area contributed by atoms with Gasteiger partial charge in [0.05, 0.1) is 17.2 Å². The van der Waals surface area contributed by atoms with E-state index in [-0.39, 0.29) is 17.6 Å². The molecule has 2 amide bonds. The van der Waals surface area contributed by atoms with Crippen molar-refractivity contribution in [2.45, 2.75) is 32.2 Å². The van der Waals surface area contributed by atoms with Crippen LogP contribution in [-0.2, 0) is 4.79 Å². The lowest BCUT2D eigenvalue weighted by Crippen LogP contribution is -2.49. The summed E-state index contributed by atoms with van der Waals surface area (Å²) in [6.45, 7) is 2.70. The predicted molar refractivity (Wildman–Crippen MR) is 99.2 cm³/mol. The summed E-state index contributed by atoms with van der Waals surface area (Å²) in [7, 11) is 0. The van der Waals surface area contributed by atoms with Gasteiger partial charge in [0, 0.05) is 12.6 Å². The Kier molecular flexibility index (Phi) is 5.88. The van der Waals surface area contributed by atoms with Gasteiger partial charge in [-0.15, -0.1) is 11.3 Å². The van der Waals surface area contributed by atoms with Crippen LogP contribution in [0.5, 0.6) is 5.75 Å². The first-order valence-corrected chi connectivity index (χ1v) is 9.55. The molecule has 7 heteroatoms. The number of nitrogens with one attached hydrogen (secondary N) is 1. The number of hydrogen-bond donors (Lipinski definition) is 1. The molecule has 0 saturated carbocycles. The summed E-state index contributed by atoms with van der Waals surface area (Å²) in [5.74, 6) is -0.544. The highest BCUT2D eigenvalue weighted by Gasteiger charge is 2.33. The molecule has 1 aliphatic heterocycles. The van der Waals surface area contributed by atoms with Crippen molar-refractivity contribution in [1.29, 1.82) is 0 Å². The van der Waals surface area contributed by atoms with Gasteiger partial charge in [0.15, 0.2) is 0 Å². The minimum Gasteiger partial charge on any atom is -0.492 e. The molecule has 26 heavy (non-hydrogen) atoms. The molecule has 1 unspecified atom stereocenters. The van der Waals surface area contributed by atoms with Crippen LogP contribution in [-0.4, -0.2) is 35.9 Å². The topological polar surface area (TPSA) is 58.6 Å². The largest absolute Gasteiger partial charge is 0.492 e. The molecule has 0 aliphatic carbocycles. The minimum atomic E-state index is -0.544. The Bertz CT molecular complexity index is 779. The summed E-state index contributed by atoms with van der Waals surface area (Å²) in [5.41, 5.74) is 0.410. The van der Waals surface area contributed by atoms with Crippen LogP contribution in [0.1, 0.15) is 35.9 Å². The molecule has 1 atom stereocenters. The van der Waals surface area contributed by atoms with E-state index >= 15 is 0 Å². The number of likely N-dealkylation sites (tertiary alicyclic amines) is 1. The summed E-state index contributed by atoms with van der Waals surface area (Å²) in [4.78, 5) is 27.8. The minimum absolute atomic E-state index is 0.121. The van der Waals surface area contributed by atoms with Crippen LogP contribution in [0.4, 0.5) is 10.1 Å². The lowest BCUT2D eigenvalue weighted by molar-refractivity contribution is -0.121. The predicted octanol–water partition coefficient (Wildman–Crippen LogP) is 3.92. The van der Waals surface area contributed by atoms with Gasteiger partial charge in [0.2, 0.25) is 5.91 Å². The maximum Gasteiger partial charge on any atom is 0.264 e. The fourth-order valence-electron chi connectivity index (χ4n) is 3.08. The Morgan fingerprint density at radius 3 is 2.92 bits per heavy atom. The van der Waals surface area contributed by atoms with Crippen LogP contribution in [0.3, 0.4) is 0 Å². The number of nitrogens with zero attached hydrogens (tertiary/aromatic N) is 1. The summed E-state index contributed by atoms with van der Waals surface area (Å²) < 4.78 is 18.8. The molecule has 2 heterocycles. The first kappa shape index (κ1) is 18.4. The molecule has 138 valence electrons. The highest BCUT2D eigenvalue weighted by Crippen LogP contribution is 2.28. The monoisotopic (exact) mass is 376 g/mol. The van der Waals surface area contributed by atoms with Crippen LogP contribution in [0.15, 0.2) is 35.7 Å². The summed E-state index contributed by atoms with van der Waals surface area (Å²) in [6.07, 6.45) is 2.36. The van der Waals surface area contributed by atoms with E-state index in [9.17, 15) is 14.0 Å². The van der Waals surface area contributed by atoms with Gasteiger partial charge in [-0.25, -0.2) is 4.39 Å². The number of amides is 2. The third kappa shape index (κ3) is 4.04. The third-order valence-corrected chi connectivity index (χ3v) is 5.16. The van der Waals surface area contributed by atoms with E-state index in [0.717, 1.165) is 12.8 Å². The number of piperidine rings is 1. The number of rotatable bonds is 5. The van der Waals surface area contributed by atoms with Crippen molar-refractivity contribution >= 4 is 28.8 Å². The number of benzene rings is 1. The van der Waals surface area contributed by atoms with Crippen molar-refractivity contribution < 1.29 is 18.7 Å². The Morgan fingerprint density at radius 1 is 1.35 bits per heavy atom. The lowest BCUT2D eigenvalue weighted by atomic mass is 10.0. The van der Waals surface area contributed by atoms with E-state index in [1.807, 2.05) is 11.4 Å². The number of halogens is 1. The number of hydrogen-bond acceptors (Lipinski definition) is 4. The molecule has 0 bridgehead atoms. The maximum absolute atomic E-state index is 13.4. The van der Waals surface area contributed by atoms with Gasteiger partial charge >= 0.3 is 0 Å². The van der Waals surface area contributed by atoms with Gasteiger partial charge in [0.25, 0.3) is 5.91 Å². The molecular weight excluding hydrogens is 355 g/mol. The average molecular weight is 376 g/mol. The number of ether oxygens (including phenoxy) is 1. The first-order valence-electron chi connectivity index (χ1n) is 8.68. The smallest absolute Gasteiger partial charge is 0.264 e. The number of anilines is 1. The molecule has 1 N–H and O–H groups in total. The molecule has 3 rings (SSSR count). The Morgan fingerprint density at radius 2 is 2.19 bits per heavy atom. The number of thiophene rings is 1. The second-order valence-corrected chi connectivity index (χ2v) is 7.00. The molecule has 2 aromatic rings. The molecule has 1 aromatic carbocycles. The number of carbonyl (C=O) groups is 2. The second kappa shape index (κ2) is 8.31. The molecule has 0 spiro atoms. The van der Waals surface area contributed by atoms with Crippen molar-refractivity contribution in [1.82, 2.24) is 4.90 Å². The van der Waals surface area contributed by atoms with Gasteiger partial charge in [-0.05, 0) is 49.8 Å². The van der Waals surface area contributed by atoms with Gasteiger partial charge in [-0.3, -0.25) is 9.59 Å². The zero-order valence-corrected chi connectivity index (χ0v) is 15.4.